The van der Waals surface area contributed by atoms with E-state index in [1.165, 1.54) is 11.1 Å². The monoisotopic (exact) mass is 207 g/mol. The maximum atomic E-state index is 9.88. The number of rotatable bonds is 2. The van der Waals surface area contributed by atoms with Gasteiger partial charge in [0.2, 0.25) is 0 Å². The standard InChI is InChI=1S/C12H17NO2/c1-8-6-9(7-15-2)13-12-10(8)4-3-5-11(12)14/h6,11,14H,3-5,7H2,1-2H3. The van der Waals surface area contributed by atoms with Crippen LogP contribution in [0.3, 0.4) is 0 Å². The first-order valence-corrected chi connectivity index (χ1v) is 5.38. The van der Waals surface area contributed by atoms with Crippen molar-refractivity contribution in [2.75, 3.05) is 7.11 Å². The van der Waals surface area contributed by atoms with Gasteiger partial charge in [-0.2, -0.15) is 0 Å². The van der Waals surface area contributed by atoms with Crippen LogP contribution in [0.15, 0.2) is 6.07 Å². The molecule has 1 atom stereocenters. The highest BCUT2D eigenvalue weighted by molar-refractivity contribution is 5.34. The van der Waals surface area contributed by atoms with E-state index in [1.807, 2.05) is 0 Å². The predicted molar refractivity (Wildman–Crippen MR) is 57.6 cm³/mol. The van der Waals surface area contributed by atoms with Crippen LogP contribution in [0.25, 0.3) is 0 Å². The van der Waals surface area contributed by atoms with Crippen LogP contribution in [0.1, 0.15) is 41.5 Å². The van der Waals surface area contributed by atoms with E-state index in [9.17, 15) is 5.11 Å². The molecule has 0 amide bonds. The summed E-state index contributed by atoms with van der Waals surface area (Å²) < 4.78 is 5.07. The summed E-state index contributed by atoms with van der Waals surface area (Å²) in [4.78, 5) is 4.47. The highest BCUT2D eigenvalue weighted by Gasteiger charge is 2.21. The lowest BCUT2D eigenvalue weighted by Gasteiger charge is -2.22. The maximum absolute atomic E-state index is 9.88. The van der Waals surface area contributed by atoms with Crippen molar-refractivity contribution in [2.45, 2.75) is 38.9 Å². The molecule has 0 radical (unpaired) electrons. The first-order chi connectivity index (χ1) is 7.22. The fourth-order valence-electron chi connectivity index (χ4n) is 2.23. The van der Waals surface area contributed by atoms with E-state index in [2.05, 4.69) is 18.0 Å². The zero-order valence-electron chi connectivity index (χ0n) is 9.29. The lowest BCUT2D eigenvalue weighted by atomic mass is 9.90. The summed E-state index contributed by atoms with van der Waals surface area (Å²) in [5, 5.41) is 9.88. The van der Waals surface area contributed by atoms with E-state index >= 15 is 0 Å². The Morgan fingerprint density at radius 2 is 2.40 bits per heavy atom. The van der Waals surface area contributed by atoms with Crippen LogP contribution in [0, 0.1) is 6.92 Å². The average molecular weight is 207 g/mol. The van der Waals surface area contributed by atoms with Crippen molar-refractivity contribution < 1.29 is 9.84 Å². The number of aromatic nitrogens is 1. The number of hydrogen-bond donors (Lipinski definition) is 1. The first-order valence-electron chi connectivity index (χ1n) is 5.38. The molecule has 3 nitrogen and oxygen atoms in total. The highest BCUT2D eigenvalue weighted by Crippen LogP contribution is 2.30. The fourth-order valence-corrected chi connectivity index (χ4v) is 2.23. The summed E-state index contributed by atoms with van der Waals surface area (Å²) in [6.45, 7) is 2.60. The largest absolute Gasteiger partial charge is 0.387 e. The Hall–Kier alpha value is -0.930. The molecule has 1 unspecified atom stereocenters. The average Bonchev–Trinajstić information content (AvgIpc) is 2.20. The molecule has 82 valence electrons. The van der Waals surface area contributed by atoms with Gasteiger partial charge in [0.25, 0.3) is 0 Å². The van der Waals surface area contributed by atoms with Crippen molar-refractivity contribution in [3.63, 3.8) is 0 Å². The minimum absolute atomic E-state index is 0.385. The van der Waals surface area contributed by atoms with Crippen molar-refractivity contribution in [1.82, 2.24) is 4.98 Å². The normalized spacial score (nSPS) is 20.1. The van der Waals surface area contributed by atoms with E-state index in [4.69, 9.17) is 4.74 Å². The molecule has 3 heteroatoms. The zero-order valence-corrected chi connectivity index (χ0v) is 9.29. The zero-order chi connectivity index (χ0) is 10.8. The number of aliphatic hydroxyl groups is 1. The van der Waals surface area contributed by atoms with Crippen LogP contribution >= 0.6 is 0 Å². The van der Waals surface area contributed by atoms with Crippen molar-refractivity contribution in [3.05, 3.63) is 28.6 Å². The van der Waals surface area contributed by atoms with E-state index in [0.29, 0.717) is 6.61 Å². The molecular formula is C12H17NO2. The lowest BCUT2D eigenvalue weighted by molar-refractivity contribution is 0.148. The van der Waals surface area contributed by atoms with Gasteiger partial charge in [-0.25, -0.2) is 0 Å². The van der Waals surface area contributed by atoms with Gasteiger partial charge in [-0.3, -0.25) is 4.98 Å². The molecule has 1 N–H and O–H groups in total. The van der Waals surface area contributed by atoms with Gasteiger partial charge >= 0.3 is 0 Å². The number of aryl methyl sites for hydroxylation is 1. The molecule has 1 aromatic rings. The Balaban J connectivity index is 2.42. The molecule has 15 heavy (non-hydrogen) atoms. The van der Waals surface area contributed by atoms with Crippen molar-refractivity contribution >= 4 is 0 Å². The minimum atomic E-state index is -0.385. The van der Waals surface area contributed by atoms with Crippen LogP contribution in [0.4, 0.5) is 0 Å². The Morgan fingerprint density at radius 3 is 3.13 bits per heavy atom. The van der Waals surface area contributed by atoms with Crippen LogP contribution in [-0.4, -0.2) is 17.2 Å². The molecule has 0 bridgehead atoms. The predicted octanol–water partition coefficient (Wildman–Crippen LogP) is 1.91. The third kappa shape index (κ3) is 2.03. The number of hydrogen-bond acceptors (Lipinski definition) is 3. The van der Waals surface area contributed by atoms with Gasteiger partial charge in [-0.1, -0.05) is 0 Å². The van der Waals surface area contributed by atoms with Gasteiger partial charge in [0.15, 0.2) is 0 Å². The molecule has 0 saturated heterocycles. The van der Waals surface area contributed by atoms with E-state index in [0.717, 1.165) is 30.7 Å². The number of methoxy groups -OCH3 is 1. The van der Waals surface area contributed by atoms with Crippen LogP contribution in [0.2, 0.25) is 0 Å². The van der Waals surface area contributed by atoms with Gasteiger partial charge in [-0.15, -0.1) is 0 Å². The summed E-state index contributed by atoms with van der Waals surface area (Å²) in [7, 11) is 1.66. The molecule has 0 fully saturated rings. The minimum Gasteiger partial charge on any atom is -0.387 e. The summed E-state index contributed by atoms with van der Waals surface area (Å²) in [5.41, 5.74) is 4.24. The molecule has 2 rings (SSSR count). The second-order valence-electron chi connectivity index (χ2n) is 4.14. The van der Waals surface area contributed by atoms with Gasteiger partial charge in [-0.05, 0) is 43.4 Å². The third-order valence-electron chi connectivity index (χ3n) is 2.94. The van der Waals surface area contributed by atoms with Gasteiger partial charge in [0.1, 0.15) is 0 Å². The summed E-state index contributed by atoms with van der Waals surface area (Å²) in [5.74, 6) is 0. The molecular weight excluding hydrogens is 190 g/mol. The van der Waals surface area contributed by atoms with Crippen LogP contribution in [0.5, 0.6) is 0 Å². The SMILES string of the molecule is COCc1cc(C)c2c(n1)C(O)CCC2. The first kappa shape index (κ1) is 10.6. The van der Waals surface area contributed by atoms with Crippen molar-refractivity contribution in [3.8, 4) is 0 Å². The third-order valence-corrected chi connectivity index (χ3v) is 2.94. The molecule has 1 aromatic heterocycles. The Kier molecular flexibility index (Phi) is 3.03. The molecule has 1 aliphatic rings. The number of aliphatic hydroxyl groups excluding tert-OH is 1. The number of pyridine rings is 1. The summed E-state index contributed by atoms with van der Waals surface area (Å²) in [6, 6.07) is 2.06. The van der Waals surface area contributed by atoms with E-state index < -0.39 is 0 Å². The van der Waals surface area contributed by atoms with Gasteiger partial charge in [0, 0.05) is 7.11 Å². The molecule has 1 heterocycles. The van der Waals surface area contributed by atoms with Gasteiger partial charge in [0.05, 0.1) is 24.1 Å². The molecule has 0 spiro atoms. The molecule has 0 aliphatic heterocycles. The smallest absolute Gasteiger partial charge is 0.0962 e. The Morgan fingerprint density at radius 1 is 1.60 bits per heavy atom. The molecule has 0 aromatic carbocycles. The second kappa shape index (κ2) is 4.29. The van der Waals surface area contributed by atoms with E-state index in [-0.39, 0.29) is 6.10 Å². The topological polar surface area (TPSA) is 42.4 Å². The summed E-state index contributed by atoms with van der Waals surface area (Å²) in [6.07, 6.45) is 2.54. The van der Waals surface area contributed by atoms with Crippen molar-refractivity contribution in [1.29, 1.82) is 0 Å². The molecule has 0 saturated carbocycles. The van der Waals surface area contributed by atoms with E-state index in [1.54, 1.807) is 7.11 Å². The number of nitrogens with zero attached hydrogens (tertiary/aromatic N) is 1. The molecule has 1 aliphatic carbocycles. The van der Waals surface area contributed by atoms with Crippen LogP contribution < -0.4 is 0 Å². The van der Waals surface area contributed by atoms with Crippen LogP contribution in [-0.2, 0) is 17.8 Å². The second-order valence-corrected chi connectivity index (χ2v) is 4.14. The highest BCUT2D eigenvalue weighted by atomic mass is 16.5. The van der Waals surface area contributed by atoms with Crippen molar-refractivity contribution in [2.24, 2.45) is 0 Å². The van der Waals surface area contributed by atoms with Gasteiger partial charge < -0.3 is 9.84 Å². The Bertz CT molecular complexity index is 363. The maximum Gasteiger partial charge on any atom is 0.0962 e. The number of fused-ring (bicyclic) bond motifs is 1. The number of ether oxygens (including phenoxy) is 1. The lowest BCUT2D eigenvalue weighted by Crippen LogP contribution is -2.14. The Labute approximate surface area is 90.1 Å². The quantitative estimate of drug-likeness (QED) is 0.805. The summed E-state index contributed by atoms with van der Waals surface area (Å²) >= 11 is 0. The fraction of sp³-hybridized carbons (Fsp3) is 0.583.